The lowest BCUT2D eigenvalue weighted by atomic mass is 9.81. The highest BCUT2D eigenvalue weighted by Crippen LogP contribution is 2.39. The predicted octanol–water partition coefficient (Wildman–Crippen LogP) is 3.19. The van der Waals surface area contributed by atoms with Crippen LogP contribution in [0.3, 0.4) is 0 Å². The summed E-state index contributed by atoms with van der Waals surface area (Å²) in [5.41, 5.74) is 1.73. The summed E-state index contributed by atoms with van der Waals surface area (Å²) in [4.78, 5) is 0. The van der Waals surface area contributed by atoms with Gasteiger partial charge in [0.05, 0.1) is 13.2 Å². The third-order valence-corrected chi connectivity index (χ3v) is 3.94. The zero-order chi connectivity index (χ0) is 9.60. The lowest BCUT2D eigenvalue weighted by Crippen LogP contribution is -2.43. The van der Waals surface area contributed by atoms with Crippen LogP contribution in [0.5, 0.6) is 0 Å². The molecule has 0 N–H and O–H groups in total. The van der Waals surface area contributed by atoms with Crippen LogP contribution in [-0.4, -0.2) is 13.2 Å². The minimum atomic E-state index is 0.263. The van der Waals surface area contributed by atoms with Crippen LogP contribution < -0.4 is 0 Å². The average molecular weight is 204 g/mol. The van der Waals surface area contributed by atoms with Gasteiger partial charge in [0.15, 0.2) is 0 Å². The maximum Gasteiger partial charge on any atom is 0.0583 e. The quantitative estimate of drug-likeness (QED) is 0.693. The Bertz CT molecular complexity index is 468. The van der Waals surface area contributed by atoms with Gasteiger partial charge in [0.1, 0.15) is 0 Å². The molecule has 0 atom stereocenters. The Balaban J connectivity index is 2.22. The van der Waals surface area contributed by atoms with Crippen LogP contribution in [0, 0.1) is 0 Å². The van der Waals surface area contributed by atoms with E-state index in [0.717, 1.165) is 13.2 Å². The molecule has 14 heavy (non-hydrogen) atoms. The summed E-state index contributed by atoms with van der Waals surface area (Å²) in [5.74, 6) is 0. The predicted molar refractivity (Wildman–Crippen MR) is 60.0 cm³/mol. The van der Waals surface area contributed by atoms with Gasteiger partial charge in [-0.25, -0.2) is 0 Å². The van der Waals surface area contributed by atoms with E-state index < -0.39 is 0 Å². The van der Waals surface area contributed by atoms with Crippen molar-refractivity contribution >= 4 is 21.4 Å². The Labute approximate surface area is 87.3 Å². The topological polar surface area (TPSA) is 9.23 Å². The summed E-state index contributed by atoms with van der Waals surface area (Å²) in [6.07, 6.45) is 0. The molecule has 1 aliphatic rings. The second-order valence-corrected chi connectivity index (χ2v) is 5.11. The van der Waals surface area contributed by atoms with Crippen molar-refractivity contribution in [2.45, 2.75) is 12.3 Å². The molecule has 1 aromatic heterocycles. The van der Waals surface area contributed by atoms with Crippen molar-refractivity contribution in [2.75, 3.05) is 13.2 Å². The summed E-state index contributed by atoms with van der Waals surface area (Å²) in [7, 11) is 0. The Morgan fingerprint density at radius 1 is 1.29 bits per heavy atom. The Hall–Kier alpha value is -0.860. The maximum atomic E-state index is 5.32. The first kappa shape index (κ1) is 8.45. The molecule has 0 bridgehead atoms. The van der Waals surface area contributed by atoms with Gasteiger partial charge in [-0.2, -0.15) is 0 Å². The van der Waals surface area contributed by atoms with Gasteiger partial charge in [0, 0.05) is 10.1 Å². The van der Waals surface area contributed by atoms with E-state index in [1.54, 1.807) is 0 Å². The first-order valence-electron chi connectivity index (χ1n) is 4.84. The van der Waals surface area contributed by atoms with E-state index in [2.05, 4.69) is 36.6 Å². The fourth-order valence-corrected chi connectivity index (χ4v) is 3.13. The van der Waals surface area contributed by atoms with E-state index >= 15 is 0 Å². The highest BCUT2D eigenvalue weighted by atomic mass is 32.1. The molecule has 1 fully saturated rings. The van der Waals surface area contributed by atoms with E-state index in [0.29, 0.717) is 0 Å². The van der Waals surface area contributed by atoms with E-state index in [4.69, 9.17) is 4.74 Å². The van der Waals surface area contributed by atoms with Gasteiger partial charge in [-0.3, -0.25) is 0 Å². The number of benzene rings is 1. The summed E-state index contributed by atoms with van der Waals surface area (Å²) in [6, 6.07) is 8.61. The van der Waals surface area contributed by atoms with Crippen molar-refractivity contribution in [1.29, 1.82) is 0 Å². The highest BCUT2D eigenvalue weighted by Gasteiger charge is 2.36. The Morgan fingerprint density at radius 2 is 2.07 bits per heavy atom. The number of hydrogen-bond acceptors (Lipinski definition) is 2. The molecule has 1 saturated heterocycles. The standard InChI is InChI=1S/C12H12OS/c1-12(7-13-8-12)10-6-14-11-5-3-2-4-9(10)11/h2-6H,7-8H2,1H3. The molecule has 0 spiro atoms. The normalized spacial score (nSPS) is 19.5. The van der Waals surface area contributed by atoms with Gasteiger partial charge >= 0.3 is 0 Å². The molecule has 1 aliphatic heterocycles. The molecule has 2 aromatic rings. The molecule has 1 aromatic carbocycles. The number of hydrogen-bond donors (Lipinski definition) is 0. The van der Waals surface area contributed by atoms with Crippen LogP contribution in [0.1, 0.15) is 12.5 Å². The van der Waals surface area contributed by atoms with Crippen molar-refractivity contribution in [1.82, 2.24) is 0 Å². The van der Waals surface area contributed by atoms with Gasteiger partial charge in [0.2, 0.25) is 0 Å². The van der Waals surface area contributed by atoms with Crippen molar-refractivity contribution < 1.29 is 4.74 Å². The summed E-state index contributed by atoms with van der Waals surface area (Å²) in [6.45, 7) is 4.02. The highest BCUT2D eigenvalue weighted by molar-refractivity contribution is 7.17. The first-order valence-corrected chi connectivity index (χ1v) is 5.72. The fraction of sp³-hybridized carbons (Fsp3) is 0.333. The molecular weight excluding hydrogens is 192 g/mol. The molecule has 2 heterocycles. The SMILES string of the molecule is CC1(c2csc3ccccc23)COC1. The fourth-order valence-electron chi connectivity index (χ4n) is 2.01. The smallest absolute Gasteiger partial charge is 0.0583 e. The number of rotatable bonds is 1. The van der Waals surface area contributed by atoms with Crippen molar-refractivity contribution in [2.24, 2.45) is 0 Å². The van der Waals surface area contributed by atoms with E-state index in [1.165, 1.54) is 15.6 Å². The molecule has 1 nitrogen and oxygen atoms in total. The minimum Gasteiger partial charge on any atom is -0.379 e. The molecule has 0 saturated carbocycles. The van der Waals surface area contributed by atoms with E-state index in [1.807, 2.05) is 11.3 Å². The number of ether oxygens (including phenoxy) is 1. The third-order valence-electron chi connectivity index (χ3n) is 2.97. The largest absolute Gasteiger partial charge is 0.379 e. The molecule has 0 unspecified atom stereocenters. The molecular formula is C12H12OS. The molecule has 0 radical (unpaired) electrons. The van der Waals surface area contributed by atoms with Crippen LogP contribution in [-0.2, 0) is 10.2 Å². The van der Waals surface area contributed by atoms with Crippen LogP contribution in [0.4, 0.5) is 0 Å². The minimum absolute atomic E-state index is 0.263. The average Bonchev–Trinajstić information content (AvgIpc) is 2.58. The summed E-state index contributed by atoms with van der Waals surface area (Å²) >= 11 is 1.83. The molecule has 72 valence electrons. The van der Waals surface area contributed by atoms with Crippen molar-refractivity contribution in [3.05, 3.63) is 35.2 Å². The third kappa shape index (κ3) is 1.04. The maximum absolute atomic E-state index is 5.32. The van der Waals surface area contributed by atoms with Crippen LogP contribution in [0.2, 0.25) is 0 Å². The molecule has 3 rings (SSSR count). The number of thiophene rings is 1. The molecule has 2 heteroatoms. The van der Waals surface area contributed by atoms with Gasteiger partial charge in [-0.15, -0.1) is 11.3 Å². The number of fused-ring (bicyclic) bond motifs is 1. The lowest BCUT2D eigenvalue weighted by Gasteiger charge is -2.38. The van der Waals surface area contributed by atoms with Crippen molar-refractivity contribution in [3.8, 4) is 0 Å². The van der Waals surface area contributed by atoms with E-state index in [9.17, 15) is 0 Å². The van der Waals surface area contributed by atoms with Crippen LogP contribution in [0.25, 0.3) is 10.1 Å². The summed E-state index contributed by atoms with van der Waals surface area (Å²) in [5, 5.41) is 3.69. The van der Waals surface area contributed by atoms with Gasteiger partial charge < -0.3 is 4.74 Å². The second kappa shape index (κ2) is 2.81. The second-order valence-electron chi connectivity index (χ2n) is 4.20. The molecule has 0 amide bonds. The van der Waals surface area contributed by atoms with Crippen LogP contribution in [0.15, 0.2) is 29.6 Å². The monoisotopic (exact) mass is 204 g/mol. The Kier molecular flexibility index (Phi) is 1.70. The molecule has 0 aliphatic carbocycles. The van der Waals surface area contributed by atoms with Gasteiger partial charge in [0.25, 0.3) is 0 Å². The van der Waals surface area contributed by atoms with Gasteiger partial charge in [-0.1, -0.05) is 25.1 Å². The van der Waals surface area contributed by atoms with Gasteiger partial charge in [-0.05, 0) is 22.4 Å². The first-order chi connectivity index (χ1) is 6.80. The Morgan fingerprint density at radius 3 is 2.79 bits per heavy atom. The van der Waals surface area contributed by atoms with Crippen LogP contribution >= 0.6 is 11.3 Å². The lowest BCUT2D eigenvalue weighted by molar-refractivity contribution is -0.0491. The van der Waals surface area contributed by atoms with Crippen molar-refractivity contribution in [3.63, 3.8) is 0 Å². The summed E-state index contributed by atoms with van der Waals surface area (Å²) < 4.78 is 6.70. The van der Waals surface area contributed by atoms with E-state index in [-0.39, 0.29) is 5.41 Å². The zero-order valence-electron chi connectivity index (χ0n) is 8.12. The zero-order valence-corrected chi connectivity index (χ0v) is 8.93.